The number of hydrogen-bond acceptors (Lipinski definition) is 3. The van der Waals surface area contributed by atoms with Gasteiger partial charge in [-0.05, 0) is 17.5 Å². The topological polar surface area (TPSA) is 78.5 Å². The zero-order chi connectivity index (χ0) is 19.9. The van der Waals surface area contributed by atoms with Gasteiger partial charge in [-0.2, -0.15) is 12.7 Å². The molecule has 0 aromatic heterocycles. The van der Waals surface area contributed by atoms with E-state index in [1.807, 2.05) is 67.6 Å². The highest BCUT2D eigenvalue weighted by atomic mass is 32.2. The van der Waals surface area contributed by atoms with Gasteiger partial charge in [0, 0.05) is 20.6 Å². The van der Waals surface area contributed by atoms with Gasteiger partial charge in [-0.15, -0.1) is 0 Å². The number of carbonyl (C=O) groups is 1. The van der Waals surface area contributed by atoms with Gasteiger partial charge in [-0.25, -0.2) is 4.72 Å². The van der Waals surface area contributed by atoms with Crippen LogP contribution < -0.4 is 10.0 Å². The molecule has 2 N–H and O–H groups in total. The number of nitrogens with one attached hydrogen (secondary N) is 2. The van der Waals surface area contributed by atoms with Crippen molar-refractivity contribution in [1.29, 1.82) is 0 Å². The van der Waals surface area contributed by atoms with E-state index in [0.717, 1.165) is 15.4 Å². The van der Waals surface area contributed by atoms with Crippen LogP contribution >= 0.6 is 0 Å². The lowest BCUT2D eigenvalue weighted by atomic mass is 9.97. The van der Waals surface area contributed by atoms with E-state index >= 15 is 0 Å². The number of rotatable bonds is 9. The van der Waals surface area contributed by atoms with Gasteiger partial charge in [0.25, 0.3) is 10.2 Å². The molecule has 0 aliphatic carbocycles. The van der Waals surface area contributed by atoms with Crippen LogP contribution in [0, 0.1) is 5.92 Å². The van der Waals surface area contributed by atoms with Crippen molar-refractivity contribution in [3.8, 4) is 0 Å². The molecule has 27 heavy (non-hydrogen) atoms. The first kappa shape index (κ1) is 21.1. The Hall–Kier alpha value is -2.22. The van der Waals surface area contributed by atoms with Crippen LogP contribution in [0.25, 0.3) is 0 Å². The van der Waals surface area contributed by atoms with E-state index in [9.17, 15) is 13.2 Å². The van der Waals surface area contributed by atoms with Gasteiger partial charge in [0.15, 0.2) is 0 Å². The van der Waals surface area contributed by atoms with Crippen molar-refractivity contribution in [3.05, 3.63) is 71.8 Å². The van der Waals surface area contributed by atoms with Crippen molar-refractivity contribution in [2.24, 2.45) is 5.92 Å². The molecule has 0 saturated carbocycles. The summed E-state index contributed by atoms with van der Waals surface area (Å²) in [6.45, 7) is 1.92. The Balaban J connectivity index is 2.17. The van der Waals surface area contributed by atoms with Crippen LogP contribution in [0.2, 0.25) is 0 Å². The Kier molecular flexibility index (Phi) is 7.53. The molecule has 0 saturated heterocycles. The summed E-state index contributed by atoms with van der Waals surface area (Å²) in [6, 6.07) is 19.2. The van der Waals surface area contributed by atoms with Crippen LogP contribution in [0.15, 0.2) is 60.7 Å². The van der Waals surface area contributed by atoms with E-state index in [1.54, 1.807) is 0 Å². The molecule has 1 unspecified atom stereocenters. The van der Waals surface area contributed by atoms with Crippen LogP contribution in [0.4, 0.5) is 0 Å². The van der Waals surface area contributed by atoms with E-state index in [0.29, 0.717) is 6.42 Å². The molecule has 0 bridgehead atoms. The summed E-state index contributed by atoms with van der Waals surface area (Å²) < 4.78 is 27.4. The predicted octanol–water partition coefficient (Wildman–Crippen LogP) is 2.31. The minimum atomic E-state index is -3.57. The van der Waals surface area contributed by atoms with E-state index in [4.69, 9.17) is 0 Å². The third-order valence-electron chi connectivity index (χ3n) is 4.41. The highest BCUT2D eigenvalue weighted by molar-refractivity contribution is 7.87. The standard InChI is InChI=1S/C20H27N3O3S/c1-4-16(15-21-27(25,26)23(2)3)20(24)22-19(17-11-7-5-8-12-17)18-13-9-6-10-14-18/h5-14,16,19,21H,4,15H2,1-3H3,(H,22,24). The quantitative estimate of drug-likeness (QED) is 0.691. The van der Waals surface area contributed by atoms with Crippen molar-refractivity contribution in [2.45, 2.75) is 19.4 Å². The fourth-order valence-corrected chi connectivity index (χ4v) is 3.34. The van der Waals surface area contributed by atoms with Crippen LogP contribution in [-0.2, 0) is 15.0 Å². The van der Waals surface area contributed by atoms with Gasteiger partial charge in [0.1, 0.15) is 0 Å². The van der Waals surface area contributed by atoms with Crippen LogP contribution in [0.3, 0.4) is 0 Å². The fraction of sp³-hybridized carbons (Fsp3) is 0.350. The molecule has 0 aliphatic rings. The minimum Gasteiger partial charge on any atom is -0.345 e. The molecule has 1 amide bonds. The second-order valence-electron chi connectivity index (χ2n) is 6.50. The summed E-state index contributed by atoms with van der Waals surface area (Å²) in [5.41, 5.74) is 1.95. The highest BCUT2D eigenvalue weighted by Gasteiger charge is 2.24. The number of carbonyl (C=O) groups excluding carboxylic acids is 1. The predicted molar refractivity (Wildman–Crippen MR) is 107 cm³/mol. The van der Waals surface area contributed by atoms with Crippen molar-refractivity contribution in [3.63, 3.8) is 0 Å². The average Bonchev–Trinajstić information content (AvgIpc) is 2.67. The van der Waals surface area contributed by atoms with E-state index in [2.05, 4.69) is 10.0 Å². The molecule has 146 valence electrons. The Morgan fingerprint density at radius 1 is 0.963 bits per heavy atom. The molecule has 0 radical (unpaired) electrons. The fourth-order valence-electron chi connectivity index (χ4n) is 2.67. The third-order valence-corrected chi connectivity index (χ3v) is 5.90. The Morgan fingerprint density at radius 3 is 1.85 bits per heavy atom. The summed E-state index contributed by atoms with van der Waals surface area (Å²) in [6.07, 6.45) is 0.526. The van der Waals surface area contributed by atoms with Gasteiger partial charge in [-0.1, -0.05) is 67.6 Å². The molecule has 0 heterocycles. The number of nitrogens with zero attached hydrogens (tertiary/aromatic N) is 1. The van der Waals surface area contributed by atoms with Crippen molar-refractivity contribution < 1.29 is 13.2 Å². The summed E-state index contributed by atoms with van der Waals surface area (Å²) >= 11 is 0. The zero-order valence-corrected chi connectivity index (χ0v) is 16.7. The molecule has 6 nitrogen and oxygen atoms in total. The molecule has 2 aromatic rings. The Labute approximate surface area is 161 Å². The molecule has 2 rings (SSSR count). The molecule has 1 atom stereocenters. The first-order valence-electron chi connectivity index (χ1n) is 8.92. The second-order valence-corrected chi connectivity index (χ2v) is 8.47. The zero-order valence-electron chi connectivity index (χ0n) is 15.9. The van der Waals surface area contributed by atoms with Gasteiger partial charge in [0.2, 0.25) is 5.91 Å². The maximum atomic E-state index is 12.9. The SMILES string of the molecule is CCC(CNS(=O)(=O)N(C)C)C(=O)NC(c1ccccc1)c1ccccc1. The van der Waals surface area contributed by atoms with E-state index in [-0.39, 0.29) is 18.5 Å². The van der Waals surface area contributed by atoms with Gasteiger partial charge in [-0.3, -0.25) is 4.79 Å². The van der Waals surface area contributed by atoms with Crippen molar-refractivity contribution in [1.82, 2.24) is 14.3 Å². The van der Waals surface area contributed by atoms with Crippen molar-refractivity contribution >= 4 is 16.1 Å². The number of amides is 1. The molecule has 7 heteroatoms. The first-order chi connectivity index (χ1) is 12.8. The summed E-state index contributed by atoms with van der Waals surface area (Å²) in [5.74, 6) is -0.647. The molecular weight excluding hydrogens is 362 g/mol. The first-order valence-corrected chi connectivity index (χ1v) is 10.4. The Bertz CT molecular complexity index is 785. The van der Waals surface area contributed by atoms with Gasteiger partial charge >= 0.3 is 0 Å². The maximum absolute atomic E-state index is 12.9. The summed E-state index contributed by atoms with van der Waals surface area (Å²) in [5, 5.41) is 3.08. The number of benzene rings is 2. The monoisotopic (exact) mass is 389 g/mol. The smallest absolute Gasteiger partial charge is 0.278 e. The molecule has 0 spiro atoms. The van der Waals surface area contributed by atoms with Crippen LogP contribution in [-0.4, -0.2) is 39.3 Å². The van der Waals surface area contributed by atoms with Crippen molar-refractivity contribution in [2.75, 3.05) is 20.6 Å². The van der Waals surface area contributed by atoms with E-state index < -0.39 is 16.1 Å². The molecule has 0 aliphatic heterocycles. The number of hydrogen-bond donors (Lipinski definition) is 2. The van der Waals surface area contributed by atoms with Crippen LogP contribution in [0.1, 0.15) is 30.5 Å². The molecule has 0 fully saturated rings. The second kappa shape index (κ2) is 9.64. The van der Waals surface area contributed by atoms with Crippen LogP contribution in [0.5, 0.6) is 0 Å². The largest absolute Gasteiger partial charge is 0.345 e. The molecule has 2 aromatic carbocycles. The maximum Gasteiger partial charge on any atom is 0.278 e. The normalized spacial score (nSPS) is 12.9. The average molecular weight is 390 g/mol. The lowest BCUT2D eigenvalue weighted by Gasteiger charge is -2.24. The molecular formula is C20H27N3O3S. The summed E-state index contributed by atoms with van der Waals surface area (Å²) in [4.78, 5) is 12.9. The highest BCUT2D eigenvalue weighted by Crippen LogP contribution is 2.22. The Morgan fingerprint density at radius 2 is 1.44 bits per heavy atom. The van der Waals surface area contributed by atoms with E-state index in [1.165, 1.54) is 14.1 Å². The summed E-state index contributed by atoms with van der Waals surface area (Å²) in [7, 11) is -0.669. The minimum absolute atomic E-state index is 0.0547. The lowest BCUT2D eigenvalue weighted by molar-refractivity contribution is -0.125. The van der Waals surface area contributed by atoms with Gasteiger partial charge < -0.3 is 5.32 Å². The third kappa shape index (κ3) is 5.89. The van der Waals surface area contributed by atoms with Gasteiger partial charge in [0.05, 0.1) is 12.0 Å². The lowest BCUT2D eigenvalue weighted by Crippen LogP contribution is -2.43.